The number of hydrogen-bond donors (Lipinski definition) is 1. The summed E-state index contributed by atoms with van der Waals surface area (Å²) < 4.78 is 13.5. The van der Waals surface area contributed by atoms with Crippen LogP contribution < -0.4 is 5.73 Å². The van der Waals surface area contributed by atoms with Gasteiger partial charge in [-0.05, 0) is 37.5 Å². The quantitative estimate of drug-likeness (QED) is 0.833. The lowest BCUT2D eigenvalue weighted by Gasteiger charge is -2.23. The van der Waals surface area contributed by atoms with Gasteiger partial charge in [-0.1, -0.05) is 18.3 Å². The fourth-order valence-corrected chi connectivity index (χ4v) is 2.44. The lowest BCUT2D eigenvalue weighted by atomic mass is 10.1. The van der Waals surface area contributed by atoms with E-state index in [9.17, 15) is 9.18 Å². The first-order valence-electron chi connectivity index (χ1n) is 5.87. The van der Waals surface area contributed by atoms with E-state index in [2.05, 4.69) is 0 Å². The van der Waals surface area contributed by atoms with E-state index in [4.69, 9.17) is 18.0 Å². The van der Waals surface area contributed by atoms with Crippen LogP contribution in [0.15, 0.2) is 18.2 Å². The number of likely N-dealkylation sites (tertiary alicyclic amines) is 1. The predicted octanol–water partition coefficient (Wildman–Crippen LogP) is 2.02. The molecule has 1 aromatic rings. The number of hydrogen-bond acceptors (Lipinski definition) is 2. The van der Waals surface area contributed by atoms with E-state index in [0.717, 1.165) is 12.8 Å². The van der Waals surface area contributed by atoms with Gasteiger partial charge in [0.1, 0.15) is 5.82 Å². The van der Waals surface area contributed by atoms with Crippen LogP contribution in [0.5, 0.6) is 0 Å². The van der Waals surface area contributed by atoms with Crippen molar-refractivity contribution in [3.63, 3.8) is 0 Å². The van der Waals surface area contributed by atoms with Crippen molar-refractivity contribution in [1.29, 1.82) is 0 Å². The summed E-state index contributed by atoms with van der Waals surface area (Å²) in [5, 5.41) is 0. The Bertz CT molecular complexity index is 504. The Morgan fingerprint density at radius 1 is 1.56 bits per heavy atom. The van der Waals surface area contributed by atoms with E-state index in [1.165, 1.54) is 6.07 Å². The van der Waals surface area contributed by atoms with Crippen LogP contribution in [0.1, 0.15) is 28.8 Å². The number of carbonyl (C=O) groups is 1. The molecule has 1 atom stereocenters. The molecule has 1 fully saturated rings. The highest BCUT2D eigenvalue weighted by molar-refractivity contribution is 7.80. The first kappa shape index (κ1) is 13.0. The normalized spacial score (nSPS) is 19.0. The van der Waals surface area contributed by atoms with E-state index in [-0.39, 0.29) is 17.8 Å². The predicted molar refractivity (Wildman–Crippen MR) is 72.0 cm³/mol. The summed E-state index contributed by atoms with van der Waals surface area (Å²) in [6, 6.07) is 4.31. The zero-order valence-corrected chi connectivity index (χ0v) is 11.0. The summed E-state index contributed by atoms with van der Waals surface area (Å²) >= 11 is 4.96. The van der Waals surface area contributed by atoms with E-state index in [0.29, 0.717) is 22.7 Å². The van der Waals surface area contributed by atoms with Crippen LogP contribution >= 0.6 is 12.2 Å². The molecule has 1 aromatic carbocycles. The van der Waals surface area contributed by atoms with Gasteiger partial charge < -0.3 is 10.6 Å². The minimum Gasteiger partial charge on any atom is -0.392 e. The maximum Gasteiger partial charge on any atom is 0.254 e. The molecule has 0 aromatic heterocycles. The molecule has 0 saturated carbocycles. The zero-order valence-electron chi connectivity index (χ0n) is 10.1. The number of halogens is 1. The molecule has 1 saturated heterocycles. The van der Waals surface area contributed by atoms with Crippen LogP contribution in [-0.4, -0.2) is 28.4 Å². The third kappa shape index (κ3) is 2.36. The van der Waals surface area contributed by atoms with Crippen molar-refractivity contribution in [2.75, 3.05) is 6.54 Å². The zero-order chi connectivity index (χ0) is 13.3. The molecule has 96 valence electrons. The van der Waals surface area contributed by atoms with Gasteiger partial charge >= 0.3 is 0 Å². The fourth-order valence-electron chi connectivity index (χ4n) is 2.20. The molecule has 1 aliphatic heterocycles. The molecule has 0 radical (unpaired) electrons. The Morgan fingerprint density at radius 2 is 2.28 bits per heavy atom. The van der Waals surface area contributed by atoms with Crippen LogP contribution in [0.25, 0.3) is 0 Å². The topological polar surface area (TPSA) is 46.3 Å². The maximum atomic E-state index is 13.5. The van der Waals surface area contributed by atoms with Crippen molar-refractivity contribution in [3.8, 4) is 0 Å². The average Bonchev–Trinajstić information content (AvgIpc) is 2.81. The number of benzene rings is 1. The molecular weight excluding hydrogens is 251 g/mol. The lowest BCUT2D eigenvalue weighted by Crippen LogP contribution is -2.42. The number of thiocarbonyl (C=S) groups is 1. The van der Waals surface area contributed by atoms with Gasteiger partial charge in [0.25, 0.3) is 5.91 Å². The van der Waals surface area contributed by atoms with E-state index in [1.54, 1.807) is 24.0 Å². The number of aryl methyl sites for hydroxylation is 1. The summed E-state index contributed by atoms with van der Waals surface area (Å²) in [4.78, 5) is 14.2. The van der Waals surface area contributed by atoms with Gasteiger partial charge in [-0.3, -0.25) is 4.79 Å². The van der Waals surface area contributed by atoms with E-state index in [1.807, 2.05) is 0 Å². The number of carbonyl (C=O) groups excluding carboxylic acids is 1. The average molecular weight is 266 g/mol. The van der Waals surface area contributed by atoms with Gasteiger partial charge in [-0.2, -0.15) is 0 Å². The van der Waals surface area contributed by atoms with Gasteiger partial charge in [-0.25, -0.2) is 4.39 Å². The number of amides is 1. The van der Waals surface area contributed by atoms with Gasteiger partial charge in [0.05, 0.1) is 11.0 Å². The first-order valence-corrected chi connectivity index (χ1v) is 6.28. The number of rotatable bonds is 2. The summed E-state index contributed by atoms with van der Waals surface area (Å²) in [5.41, 5.74) is 6.50. The minimum absolute atomic E-state index is 0.197. The van der Waals surface area contributed by atoms with Crippen LogP contribution in [0.2, 0.25) is 0 Å². The summed E-state index contributed by atoms with van der Waals surface area (Å²) in [6.45, 7) is 2.29. The molecule has 1 amide bonds. The van der Waals surface area contributed by atoms with Gasteiger partial charge in [0.15, 0.2) is 0 Å². The molecule has 18 heavy (non-hydrogen) atoms. The Kier molecular flexibility index (Phi) is 3.61. The van der Waals surface area contributed by atoms with Crippen molar-refractivity contribution in [2.24, 2.45) is 5.73 Å². The number of nitrogens with zero attached hydrogens (tertiary/aromatic N) is 1. The highest BCUT2D eigenvalue weighted by Crippen LogP contribution is 2.21. The maximum absolute atomic E-state index is 13.5. The van der Waals surface area contributed by atoms with E-state index >= 15 is 0 Å². The Labute approximate surface area is 111 Å². The molecule has 1 unspecified atom stereocenters. The summed E-state index contributed by atoms with van der Waals surface area (Å²) in [7, 11) is 0. The molecule has 0 spiro atoms. The second-order valence-corrected chi connectivity index (χ2v) is 4.99. The highest BCUT2D eigenvalue weighted by atomic mass is 32.1. The van der Waals surface area contributed by atoms with Crippen LogP contribution in [0.3, 0.4) is 0 Å². The Morgan fingerprint density at radius 3 is 2.89 bits per heavy atom. The van der Waals surface area contributed by atoms with Crippen molar-refractivity contribution in [2.45, 2.75) is 25.8 Å². The third-order valence-corrected chi connectivity index (χ3v) is 3.53. The molecule has 0 aliphatic carbocycles. The summed E-state index contributed by atoms with van der Waals surface area (Å²) in [5.74, 6) is -0.573. The smallest absolute Gasteiger partial charge is 0.254 e. The standard InChI is InChI=1S/C13H15FN2OS/c1-8-4-5-9(7-10(8)14)13(17)16-6-2-3-11(16)12(15)18/h4-5,7,11H,2-3,6H2,1H3,(H2,15,18). The Balaban J connectivity index is 2.25. The van der Waals surface area contributed by atoms with Crippen LogP contribution in [-0.2, 0) is 0 Å². The lowest BCUT2D eigenvalue weighted by molar-refractivity contribution is 0.0770. The highest BCUT2D eigenvalue weighted by Gasteiger charge is 2.31. The largest absolute Gasteiger partial charge is 0.392 e. The molecule has 3 nitrogen and oxygen atoms in total. The van der Waals surface area contributed by atoms with Gasteiger partial charge in [0.2, 0.25) is 0 Å². The molecule has 1 aliphatic rings. The fraction of sp³-hybridized carbons (Fsp3) is 0.385. The second kappa shape index (κ2) is 5.02. The Hall–Kier alpha value is -1.49. The van der Waals surface area contributed by atoms with Crippen molar-refractivity contribution in [3.05, 3.63) is 35.1 Å². The minimum atomic E-state index is -0.369. The molecule has 5 heteroatoms. The first-order chi connectivity index (χ1) is 8.50. The second-order valence-electron chi connectivity index (χ2n) is 4.52. The van der Waals surface area contributed by atoms with Crippen molar-refractivity contribution < 1.29 is 9.18 Å². The van der Waals surface area contributed by atoms with Crippen LogP contribution in [0, 0.1) is 12.7 Å². The molecule has 0 bridgehead atoms. The SMILES string of the molecule is Cc1ccc(C(=O)N2CCCC2C(N)=S)cc1F. The van der Waals surface area contributed by atoms with Crippen molar-refractivity contribution in [1.82, 2.24) is 4.90 Å². The molecule has 1 heterocycles. The third-order valence-electron chi connectivity index (χ3n) is 3.26. The monoisotopic (exact) mass is 266 g/mol. The number of nitrogens with two attached hydrogens (primary N) is 1. The van der Waals surface area contributed by atoms with Crippen molar-refractivity contribution >= 4 is 23.1 Å². The van der Waals surface area contributed by atoms with Gasteiger partial charge in [0, 0.05) is 12.1 Å². The molecular formula is C13H15FN2OS. The molecule has 2 rings (SSSR count). The van der Waals surface area contributed by atoms with Crippen LogP contribution in [0.4, 0.5) is 4.39 Å². The molecule has 2 N–H and O–H groups in total. The van der Waals surface area contributed by atoms with Gasteiger partial charge in [-0.15, -0.1) is 0 Å². The van der Waals surface area contributed by atoms with E-state index < -0.39 is 0 Å². The summed E-state index contributed by atoms with van der Waals surface area (Å²) in [6.07, 6.45) is 1.66.